The van der Waals surface area contributed by atoms with E-state index in [1.807, 2.05) is 50.2 Å². The van der Waals surface area contributed by atoms with Gasteiger partial charge in [0.1, 0.15) is 6.04 Å². The molecule has 0 bridgehead atoms. The summed E-state index contributed by atoms with van der Waals surface area (Å²) in [6.45, 7) is 4.19. The van der Waals surface area contributed by atoms with Gasteiger partial charge in [-0.25, -0.2) is 19.1 Å². The molecule has 0 spiro atoms. The topological polar surface area (TPSA) is 109 Å². The van der Waals surface area contributed by atoms with Crippen LogP contribution in [0.25, 0.3) is 16.9 Å². The summed E-state index contributed by atoms with van der Waals surface area (Å²) >= 11 is 0. The van der Waals surface area contributed by atoms with Crippen LogP contribution in [0, 0.1) is 5.92 Å². The molecular formula is C22H25N5O4. The average molecular weight is 423 g/mol. The molecule has 3 aromatic rings. The maximum Gasteiger partial charge on any atom is 0.328 e. The van der Waals surface area contributed by atoms with Crippen LogP contribution in [0.4, 0.5) is 4.79 Å². The van der Waals surface area contributed by atoms with Crippen LogP contribution in [0.15, 0.2) is 41.2 Å². The summed E-state index contributed by atoms with van der Waals surface area (Å²) in [6, 6.07) is 10.4. The lowest BCUT2D eigenvalue weighted by Crippen LogP contribution is -2.52. The zero-order valence-electron chi connectivity index (χ0n) is 17.7. The van der Waals surface area contributed by atoms with E-state index in [1.165, 1.54) is 16.5 Å². The molecular weight excluding hydrogens is 398 g/mol. The molecule has 0 saturated heterocycles. The Balaban J connectivity index is 1.61. The van der Waals surface area contributed by atoms with Gasteiger partial charge in [0, 0.05) is 19.0 Å². The van der Waals surface area contributed by atoms with Crippen molar-refractivity contribution in [3.8, 4) is 11.3 Å². The number of methoxy groups -OCH3 is 1. The van der Waals surface area contributed by atoms with E-state index >= 15 is 0 Å². The molecule has 31 heavy (non-hydrogen) atoms. The predicted molar refractivity (Wildman–Crippen MR) is 115 cm³/mol. The number of ether oxygens (including phenoxy) is 1. The van der Waals surface area contributed by atoms with Crippen LogP contribution >= 0.6 is 0 Å². The average Bonchev–Trinajstić information content (AvgIpc) is 3.21. The number of carbonyl (C=O) groups excluding carboxylic acids is 2. The second kappa shape index (κ2) is 8.25. The molecule has 0 unspecified atom stereocenters. The Morgan fingerprint density at radius 2 is 1.97 bits per heavy atom. The standard InChI is InChI=1S/C22H25N5O4/c1-13(2)19(21(29)31-3)24-22(30)26-10-9-16-15(12-26)20(28)27-18(23-16)11-17(25-27)14-7-5-4-6-8-14/h4-8,11,13,19,25H,9-10,12H2,1-3H3,(H,24,30)/t19-/m1/s1. The van der Waals surface area contributed by atoms with Crippen LogP contribution in [-0.4, -0.2) is 51.2 Å². The largest absolute Gasteiger partial charge is 0.467 e. The molecule has 2 aromatic heterocycles. The van der Waals surface area contributed by atoms with Crippen molar-refractivity contribution < 1.29 is 14.3 Å². The summed E-state index contributed by atoms with van der Waals surface area (Å²) in [4.78, 5) is 44.0. The van der Waals surface area contributed by atoms with Crippen LogP contribution in [0.2, 0.25) is 0 Å². The van der Waals surface area contributed by atoms with Crippen molar-refractivity contribution in [3.05, 3.63) is 58.0 Å². The Kier molecular flexibility index (Phi) is 5.50. The number of nitrogens with one attached hydrogen (secondary N) is 2. The highest BCUT2D eigenvalue weighted by molar-refractivity contribution is 5.84. The number of carbonyl (C=O) groups is 2. The third-order valence-electron chi connectivity index (χ3n) is 5.53. The molecule has 4 rings (SSSR count). The lowest BCUT2D eigenvalue weighted by atomic mass is 10.0. The molecule has 0 radical (unpaired) electrons. The number of amides is 2. The van der Waals surface area contributed by atoms with Crippen LogP contribution in [0.3, 0.4) is 0 Å². The zero-order chi connectivity index (χ0) is 22.1. The highest BCUT2D eigenvalue weighted by atomic mass is 16.5. The minimum absolute atomic E-state index is 0.127. The highest BCUT2D eigenvalue weighted by Crippen LogP contribution is 2.20. The van der Waals surface area contributed by atoms with E-state index in [-0.39, 0.29) is 18.0 Å². The molecule has 9 nitrogen and oxygen atoms in total. The molecule has 9 heteroatoms. The number of fused-ring (bicyclic) bond motifs is 2. The van der Waals surface area contributed by atoms with E-state index in [4.69, 9.17) is 4.74 Å². The SMILES string of the molecule is COC(=O)[C@H](NC(=O)N1CCc2nc3cc(-c4ccccc4)[nH]n3c(=O)c2C1)C(C)C. The monoisotopic (exact) mass is 423 g/mol. The first-order valence-corrected chi connectivity index (χ1v) is 10.2. The summed E-state index contributed by atoms with van der Waals surface area (Å²) in [6.07, 6.45) is 0.463. The van der Waals surface area contributed by atoms with E-state index < -0.39 is 18.0 Å². The quantitative estimate of drug-likeness (QED) is 0.624. The molecule has 1 aromatic carbocycles. The minimum Gasteiger partial charge on any atom is -0.467 e. The van der Waals surface area contributed by atoms with Gasteiger partial charge < -0.3 is 15.0 Å². The predicted octanol–water partition coefficient (Wildman–Crippen LogP) is 1.95. The molecule has 2 N–H and O–H groups in total. The number of urea groups is 1. The number of nitrogens with zero attached hydrogens (tertiary/aromatic N) is 3. The molecule has 0 fully saturated rings. The number of H-pyrrole nitrogens is 1. The van der Waals surface area contributed by atoms with Crippen molar-refractivity contribution in [1.29, 1.82) is 0 Å². The van der Waals surface area contributed by atoms with Gasteiger partial charge in [-0.05, 0) is 11.5 Å². The third kappa shape index (κ3) is 3.90. The maximum atomic E-state index is 13.1. The Morgan fingerprint density at radius 1 is 1.23 bits per heavy atom. The fourth-order valence-electron chi connectivity index (χ4n) is 3.77. The number of rotatable bonds is 4. The number of esters is 1. The molecule has 162 valence electrons. The van der Waals surface area contributed by atoms with Gasteiger partial charge in [0.2, 0.25) is 0 Å². The van der Waals surface area contributed by atoms with E-state index in [2.05, 4.69) is 15.4 Å². The van der Waals surface area contributed by atoms with Crippen molar-refractivity contribution in [1.82, 2.24) is 24.8 Å². The van der Waals surface area contributed by atoms with E-state index in [0.29, 0.717) is 29.9 Å². The van der Waals surface area contributed by atoms with Crippen LogP contribution in [0.1, 0.15) is 25.1 Å². The molecule has 2 amide bonds. The van der Waals surface area contributed by atoms with Gasteiger partial charge in [-0.15, -0.1) is 0 Å². The summed E-state index contributed by atoms with van der Waals surface area (Å²) in [5.74, 6) is -0.625. The lowest BCUT2D eigenvalue weighted by molar-refractivity contribution is -0.144. The summed E-state index contributed by atoms with van der Waals surface area (Å²) in [5.41, 5.74) is 3.23. The van der Waals surface area contributed by atoms with Gasteiger partial charge in [-0.3, -0.25) is 9.89 Å². The molecule has 1 aliphatic rings. The van der Waals surface area contributed by atoms with Crippen molar-refractivity contribution in [2.75, 3.05) is 13.7 Å². The van der Waals surface area contributed by atoms with Gasteiger partial charge in [0.05, 0.1) is 30.6 Å². The third-order valence-corrected chi connectivity index (χ3v) is 5.53. The van der Waals surface area contributed by atoms with Gasteiger partial charge in [0.25, 0.3) is 5.56 Å². The van der Waals surface area contributed by atoms with Gasteiger partial charge in [0.15, 0.2) is 5.65 Å². The summed E-state index contributed by atoms with van der Waals surface area (Å²) in [5, 5.41) is 5.83. The first kappa shape index (κ1) is 20.6. The van der Waals surface area contributed by atoms with Crippen LogP contribution in [-0.2, 0) is 22.5 Å². The Morgan fingerprint density at radius 3 is 2.65 bits per heavy atom. The van der Waals surface area contributed by atoms with Crippen LogP contribution in [0.5, 0.6) is 0 Å². The Labute approximate surface area is 179 Å². The first-order valence-electron chi connectivity index (χ1n) is 10.2. The molecule has 0 aliphatic carbocycles. The number of aromatic amines is 1. The normalized spacial score (nSPS) is 14.4. The van der Waals surface area contributed by atoms with E-state index in [1.54, 1.807) is 0 Å². The van der Waals surface area contributed by atoms with E-state index in [0.717, 1.165) is 11.3 Å². The Bertz CT molecular complexity index is 1180. The minimum atomic E-state index is -0.752. The van der Waals surface area contributed by atoms with Crippen molar-refractivity contribution >= 4 is 17.6 Å². The van der Waals surface area contributed by atoms with Crippen LogP contribution < -0.4 is 10.9 Å². The lowest BCUT2D eigenvalue weighted by Gasteiger charge is -2.30. The number of benzene rings is 1. The highest BCUT2D eigenvalue weighted by Gasteiger charge is 2.30. The first-order chi connectivity index (χ1) is 14.9. The molecule has 1 aliphatic heterocycles. The summed E-state index contributed by atoms with van der Waals surface area (Å²) < 4.78 is 6.20. The number of hydrogen-bond acceptors (Lipinski definition) is 5. The van der Waals surface area contributed by atoms with Crippen molar-refractivity contribution in [2.24, 2.45) is 5.92 Å². The second-order valence-corrected chi connectivity index (χ2v) is 7.94. The maximum absolute atomic E-state index is 13.1. The molecule has 0 saturated carbocycles. The van der Waals surface area contributed by atoms with E-state index in [9.17, 15) is 14.4 Å². The van der Waals surface area contributed by atoms with Gasteiger partial charge >= 0.3 is 12.0 Å². The summed E-state index contributed by atoms with van der Waals surface area (Å²) in [7, 11) is 1.29. The Hall–Kier alpha value is -3.62. The van der Waals surface area contributed by atoms with Crippen molar-refractivity contribution in [2.45, 2.75) is 32.9 Å². The molecule has 1 atom stereocenters. The van der Waals surface area contributed by atoms with Gasteiger partial charge in [-0.1, -0.05) is 44.2 Å². The molecule has 3 heterocycles. The fourth-order valence-corrected chi connectivity index (χ4v) is 3.77. The van der Waals surface area contributed by atoms with Gasteiger partial charge in [-0.2, -0.15) is 0 Å². The second-order valence-electron chi connectivity index (χ2n) is 7.94. The number of hydrogen-bond donors (Lipinski definition) is 2. The zero-order valence-corrected chi connectivity index (χ0v) is 17.7. The van der Waals surface area contributed by atoms with Crippen molar-refractivity contribution in [3.63, 3.8) is 0 Å². The fraction of sp³-hybridized carbons (Fsp3) is 0.364. The number of aromatic nitrogens is 3. The smallest absolute Gasteiger partial charge is 0.328 e.